The summed E-state index contributed by atoms with van der Waals surface area (Å²) in [6.07, 6.45) is 1.91. The molecule has 6 heteroatoms. The van der Waals surface area contributed by atoms with Crippen molar-refractivity contribution in [3.05, 3.63) is 23.3 Å². The van der Waals surface area contributed by atoms with Crippen molar-refractivity contribution in [3.63, 3.8) is 0 Å². The second-order valence-electron chi connectivity index (χ2n) is 4.66. The molecule has 0 saturated heterocycles. The lowest BCUT2D eigenvalue weighted by molar-refractivity contribution is 0.0596. The van der Waals surface area contributed by atoms with Gasteiger partial charge in [0, 0.05) is 6.26 Å². The molecule has 1 aromatic rings. The maximum atomic E-state index is 11.9. The minimum absolute atomic E-state index is 0.0420. The zero-order chi connectivity index (χ0) is 15.5. The summed E-state index contributed by atoms with van der Waals surface area (Å²) in [6, 6.07) is 2.94. The maximum Gasteiger partial charge on any atom is 0.341 e. The summed E-state index contributed by atoms with van der Waals surface area (Å²) in [5.41, 5.74) is 0.766. The fourth-order valence-electron chi connectivity index (χ4n) is 1.94. The highest BCUT2D eigenvalue weighted by Gasteiger charge is 2.23. The Balaban J connectivity index is 3.66. The number of esters is 1. The minimum atomic E-state index is -3.44. The number of carbonyl (C=O) groups excluding carboxylic acids is 1. The van der Waals surface area contributed by atoms with Crippen LogP contribution in [0.1, 0.15) is 42.1 Å². The molecule has 5 nitrogen and oxygen atoms in total. The van der Waals surface area contributed by atoms with E-state index < -0.39 is 15.8 Å². The van der Waals surface area contributed by atoms with E-state index in [-0.39, 0.29) is 16.4 Å². The van der Waals surface area contributed by atoms with Gasteiger partial charge in [-0.15, -0.1) is 0 Å². The number of sulfone groups is 1. The first kappa shape index (κ1) is 16.5. The molecule has 0 fully saturated rings. The second-order valence-corrected chi connectivity index (χ2v) is 6.65. The fraction of sp³-hybridized carbons (Fsp3) is 0.500. The van der Waals surface area contributed by atoms with Gasteiger partial charge in [0.25, 0.3) is 0 Å². The van der Waals surface area contributed by atoms with Crippen molar-refractivity contribution in [1.29, 1.82) is 0 Å². The Kier molecular flexibility index (Phi) is 5.16. The predicted octanol–water partition coefficient (Wildman–Crippen LogP) is 2.40. The molecular formula is C14H20O5S. The van der Waals surface area contributed by atoms with E-state index in [9.17, 15) is 13.2 Å². The first-order valence-corrected chi connectivity index (χ1v) is 8.15. The van der Waals surface area contributed by atoms with E-state index in [0.717, 1.165) is 12.7 Å². The summed E-state index contributed by atoms with van der Waals surface area (Å²) in [6.45, 7) is 3.90. The third kappa shape index (κ3) is 3.30. The SMILES string of the molecule is CCC(C)c1cc(OC)c(C(=O)OC)cc1S(C)(=O)=O. The van der Waals surface area contributed by atoms with E-state index in [2.05, 4.69) is 4.74 Å². The Labute approximate surface area is 119 Å². The smallest absolute Gasteiger partial charge is 0.341 e. The standard InChI is InChI=1S/C14H20O5S/c1-6-9(2)10-7-12(18-3)11(14(15)19-4)8-13(10)20(5,16)17/h7-9H,6H2,1-5H3. The quantitative estimate of drug-likeness (QED) is 0.781. The van der Waals surface area contributed by atoms with Crippen LogP contribution in [0.15, 0.2) is 17.0 Å². The molecule has 0 saturated carbocycles. The number of benzene rings is 1. The normalized spacial score (nSPS) is 12.8. The van der Waals surface area contributed by atoms with Gasteiger partial charge in [-0.25, -0.2) is 13.2 Å². The highest BCUT2D eigenvalue weighted by atomic mass is 32.2. The van der Waals surface area contributed by atoms with Gasteiger partial charge in [0.1, 0.15) is 11.3 Å². The van der Waals surface area contributed by atoms with Gasteiger partial charge in [0.05, 0.1) is 19.1 Å². The van der Waals surface area contributed by atoms with Crippen LogP contribution in [-0.2, 0) is 14.6 Å². The highest BCUT2D eigenvalue weighted by molar-refractivity contribution is 7.90. The summed E-state index contributed by atoms with van der Waals surface area (Å²) in [5, 5.41) is 0. The van der Waals surface area contributed by atoms with E-state index in [1.54, 1.807) is 6.07 Å². The van der Waals surface area contributed by atoms with Gasteiger partial charge >= 0.3 is 5.97 Å². The van der Waals surface area contributed by atoms with Crippen molar-refractivity contribution in [2.45, 2.75) is 31.1 Å². The van der Waals surface area contributed by atoms with E-state index in [4.69, 9.17) is 4.74 Å². The average Bonchev–Trinajstić information content (AvgIpc) is 2.42. The fourth-order valence-corrected chi connectivity index (χ4v) is 2.96. The molecule has 1 rings (SSSR count). The van der Waals surface area contributed by atoms with Crippen molar-refractivity contribution in [2.75, 3.05) is 20.5 Å². The molecule has 0 amide bonds. The van der Waals surface area contributed by atoms with Crippen LogP contribution in [0.5, 0.6) is 5.75 Å². The van der Waals surface area contributed by atoms with Crippen LogP contribution in [0.3, 0.4) is 0 Å². The summed E-state index contributed by atoms with van der Waals surface area (Å²) >= 11 is 0. The maximum absolute atomic E-state index is 11.9. The number of hydrogen-bond donors (Lipinski definition) is 0. The Hall–Kier alpha value is -1.56. The van der Waals surface area contributed by atoms with Gasteiger partial charge in [0.15, 0.2) is 9.84 Å². The number of methoxy groups -OCH3 is 2. The molecular weight excluding hydrogens is 280 g/mol. The van der Waals surface area contributed by atoms with E-state index in [0.29, 0.717) is 11.3 Å². The van der Waals surface area contributed by atoms with Crippen molar-refractivity contribution in [3.8, 4) is 5.75 Å². The van der Waals surface area contributed by atoms with Crippen LogP contribution < -0.4 is 4.74 Å². The summed E-state index contributed by atoms with van der Waals surface area (Å²) in [5.74, 6) is -0.262. The van der Waals surface area contributed by atoms with Gasteiger partial charge in [0.2, 0.25) is 0 Å². The average molecular weight is 300 g/mol. The molecule has 0 aromatic heterocycles. The molecule has 20 heavy (non-hydrogen) atoms. The summed E-state index contributed by atoms with van der Waals surface area (Å²) < 4.78 is 33.7. The molecule has 0 bridgehead atoms. The monoisotopic (exact) mass is 300 g/mol. The van der Waals surface area contributed by atoms with Gasteiger partial charge in [-0.3, -0.25) is 0 Å². The Morgan fingerprint density at radius 1 is 1.30 bits per heavy atom. The zero-order valence-corrected chi connectivity index (χ0v) is 13.2. The van der Waals surface area contributed by atoms with Crippen LogP contribution in [0, 0.1) is 0 Å². The largest absolute Gasteiger partial charge is 0.496 e. The predicted molar refractivity (Wildman–Crippen MR) is 76.1 cm³/mol. The number of rotatable bonds is 5. The van der Waals surface area contributed by atoms with Crippen LogP contribution in [-0.4, -0.2) is 34.9 Å². The van der Waals surface area contributed by atoms with E-state index in [1.807, 2.05) is 13.8 Å². The summed E-state index contributed by atoms with van der Waals surface area (Å²) in [4.78, 5) is 11.9. The van der Waals surface area contributed by atoms with Crippen molar-refractivity contribution in [2.24, 2.45) is 0 Å². The second kappa shape index (κ2) is 6.26. The zero-order valence-electron chi connectivity index (χ0n) is 12.4. The van der Waals surface area contributed by atoms with Crippen LogP contribution >= 0.6 is 0 Å². The number of ether oxygens (including phenoxy) is 2. The minimum Gasteiger partial charge on any atom is -0.496 e. The molecule has 0 radical (unpaired) electrons. The first-order valence-electron chi connectivity index (χ1n) is 6.26. The van der Waals surface area contributed by atoms with Crippen LogP contribution in [0.25, 0.3) is 0 Å². The highest BCUT2D eigenvalue weighted by Crippen LogP contribution is 2.33. The van der Waals surface area contributed by atoms with Gasteiger partial charge in [-0.2, -0.15) is 0 Å². The third-order valence-electron chi connectivity index (χ3n) is 3.28. The lowest BCUT2D eigenvalue weighted by Gasteiger charge is -2.17. The van der Waals surface area contributed by atoms with E-state index in [1.165, 1.54) is 20.3 Å². The molecule has 0 aliphatic carbocycles. The van der Waals surface area contributed by atoms with Crippen molar-refractivity contribution < 1.29 is 22.7 Å². The molecule has 0 heterocycles. The molecule has 112 valence electrons. The molecule has 1 atom stereocenters. The molecule has 0 aliphatic heterocycles. The molecule has 0 aliphatic rings. The van der Waals surface area contributed by atoms with Crippen LogP contribution in [0.4, 0.5) is 0 Å². The third-order valence-corrected chi connectivity index (χ3v) is 4.43. The Morgan fingerprint density at radius 3 is 2.30 bits per heavy atom. The number of hydrogen-bond acceptors (Lipinski definition) is 5. The van der Waals surface area contributed by atoms with Crippen LogP contribution in [0.2, 0.25) is 0 Å². The molecule has 1 unspecified atom stereocenters. The number of carbonyl (C=O) groups is 1. The molecule has 1 aromatic carbocycles. The first-order chi connectivity index (χ1) is 9.26. The van der Waals surface area contributed by atoms with Gasteiger partial charge in [-0.1, -0.05) is 13.8 Å². The van der Waals surface area contributed by atoms with Gasteiger partial charge in [-0.05, 0) is 30.0 Å². The van der Waals surface area contributed by atoms with Crippen molar-refractivity contribution in [1.82, 2.24) is 0 Å². The lowest BCUT2D eigenvalue weighted by Crippen LogP contribution is -2.11. The van der Waals surface area contributed by atoms with E-state index >= 15 is 0 Å². The lowest BCUT2D eigenvalue weighted by atomic mass is 9.96. The molecule has 0 spiro atoms. The molecule has 0 N–H and O–H groups in total. The topological polar surface area (TPSA) is 69.7 Å². The van der Waals surface area contributed by atoms with Crippen molar-refractivity contribution >= 4 is 15.8 Å². The van der Waals surface area contributed by atoms with Gasteiger partial charge < -0.3 is 9.47 Å². The Morgan fingerprint density at radius 2 is 1.90 bits per heavy atom. The summed E-state index contributed by atoms with van der Waals surface area (Å²) in [7, 11) is -0.768. The Bertz CT molecular complexity index is 604.